The second-order valence-electron chi connectivity index (χ2n) is 5.13. The third kappa shape index (κ3) is 3.93. The van der Waals surface area contributed by atoms with Gasteiger partial charge in [-0.2, -0.15) is 15.0 Å². The van der Waals surface area contributed by atoms with Crippen LogP contribution in [0.1, 0.15) is 27.7 Å². The topological polar surface area (TPSA) is 66.4 Å². The van der Waals surface area contributed by atoms with Crippen molar-refractivity contribution in [1.82, 2.24) is 19.9 Å². The number of hydrogen-bond donors (Lipinski definition) is 1. The lowest BCUT2D eigenvalue weighted by Gasteiger charge is -2.39. The minimum absolute atomic E-state index is 0.393. The van der Waals surface area contributed by atoms with Crippen LogP contribution in [-0.4, -0.2) is 65.2 Å². The summed E-state index contributed by atoms with van der Waals surface area (Å²) in [6.45, 7) is 13.7. The van der Waals surface area contributed by atoms with Crippen molar-refractivity contribution in [3.05, 3.63) is 0 Å². The highest BCUT2D eigenvalue weighted by molar-refractivity contribution is 5.39. The van der Waals surface area contributed by atoms with Crippen molar-refractivity contribution in [2.75, 3.05) is 49.5 Å². The highest BCUT2D eigenvalue weighted by Gasteiger charge is 2.25. The van der Waals surface area contributed by atoms with Crippen LogP contribution in [0.3, 0.4) is 0 Å². The van der Waals surface area contributed by atoms with Gasteiger partial charge in [-0.1, -0.05) is 6.92 Å². The van der Waals surface area contributed by atoms with E-state index in [0.717, 1.165) is 32.7 Å². The van der Waals surface area contributed by atoms with E-state index < -0.39 is 0 Å². The standard InChI is InChI=1S/C14H26N6O/c1-5-15-12-16-13(18-14(17-12)21-7-3)20-9-8-19(6-2)11(4)10-20/h11H,5-10H2,1-4H3,(H,15,16,17,18). The molecule has 0 bridgehead atoms. The second-order valence-corrected chi connectivity index (χ2v) is 5.13. The van der Waals surface area contributed by atoms with Crippen molar-refractivity contribution >= 4 is 11.9 Å². The Bertz CT molecular complexity index is 431. The smallest absolute Gasteiger partial charge is 0.323 e. The molecule has 118 valence electrons. The summed E-state index contributed by atoms with van der Waals surface area (Å²) in [6.07, 6.45) is 0. The van der Waals surface area contributed by atoms with Crippen LogP contribution in [-0.2, 0) is 0 Å². The molecule has 1 aromatic rings. The summed E-state index contributed by atoms with van der Waals surface area (Å²) in [4.78, 5) is 17.9. The fourth-order valence-corrected chi connectivity index (χ4v) is 2.56. The Morgan fingerprint density at radius 3 is 2.62 bits per heavy atom. The molecule has 1 aromatic heterocycles. The van der Waals surface area contributed by atoms with Gasteiger partial charge >= 0.3 is 6.01 Å². The van der Waals surface area contributed by atoms with Gasteiger partial charge in [-0.05, 0) is 27.3 Å². The summed E-state index contributed by atoms with van der Waals surface area (Å²) in [7, 11) is 0. The molecule has 7 heteroatoms. The molecular weight excluding hydrogens is 268 g/mol. The number of hydrogen-bond acceptors (Lipinski definition) is 7. The van der Waals surface area contributed by atoms with E-state index in [1.807, 2.05) is 13.8 Å². The van der Waals surface area contributed by atoms with Gasteiger partial charge in [-0.15, -0.1) is 0 Å². The van der Waals surface area contributed by atoms with Gasteiger partial charge in [-0.3, -0.25) is 4.90 Å². The lowest BCUT2D eigenvalue weighted by molar-refractivity contribution is 0.198. The van der Waals surface area contributed by atoms with Crippen molar-refractivity contribution < 1.29 is 4.74 Å². The van der Waals surface area contributed by atoms with E-state index in [9.17, 15) is 0 Å². The van der Waals surface area contributed by atoms with Crippen LogP contribution in [0.5, 0.6) is 6.01 Å². The fourth-order valence-electron chi connectivity index (χ4n) is 2.56. The first-order chi connectivity index (χ1) is 10.2. The maximum absolute atomic E-state index is 5.45. The monoisotopic (exact) mass is 294 g/mol. The summed E-state index contributed by atoms with van der Waals surface area (Å²) < 4.78 is 5.45. The first-order valence-corrected chi connectivity index (χ1v) is 7.79. The number of rotatable bonds is 6. The molecule has 1 unspecified atom stereocenters. The van der Waals surface area contributed by atoms with E-state index in [2.05, 4.69) is 43.9 Å². The Morgan fingerprint density at radius 2 is 2.00 bits per heavy atom. The van der Waals surface area contributed by atoms with Crippen molar-refractivity contribution in [2.24, 2.45) is 0 Å². The van der Waals surface area contributed by atoms with Gasteiger partial charge in [0.2, 0.25) is 11.9 Å². The second kappa shape index (κ2) is 7.40. The average molecular weight is 294 g/mol. The Labute approximate surface area is 126 Å². The molecule has 1 aliphatic rings. The molecule has 7 nitrogen and oxygen atoms in total. The SMILES string of the molecule is CCNc1nc(OCC)nc(N2CCN(CC)C(C)C2)n1. The molecule has 0 saturated carbocycles. The average Bonchev–Trinajstić information content (AvgIpc) is 2.47. The number of piperazine rings is 1. The largest absolute Gasteiger partial charge is 0.464 e. The van der Waals surface area contributed by atoms with Crippen molar-refractivity contribution in [3.8, 4) is 6.01 Å². The van der Waals surface area contributed by atoms with Crippen LogP contribution >= 0.6 is 0 Å². The van der Waals surface area contributed by atoms with E-state index in [0.29, 0.717) is 30.6 Å². The number of nitrogens with zero attached hydrogens (tertiary/aromatic N) is 5. The van der Waals surface area contributed by atoms with Gasteiger partial charge in [-0.25, -0.2) is 0 Å². The molecule has 2 rings (SSSR count). The number of aromatic nitrogens is 3. The van der Waals surface area contributed by atoms with E-state index in [1.54, 1.807) is 0 Å². The third-order valence-electron chi connectivity index (χ3n) is 3.67. The van der Waals surface area contributed by atoms with Gasteiger partial charge in [0, 0.05) is 32.2 Å². The summed E-state index contributed by atoms with van der Waals surface area (Å²) in [6, 6.07) is 0.891. The predicted octanol–water partition coefficient (Wildman–Crippen LogP) is 1.23. The summed E-state index contributed by atoms with van der Waals surface area (Å²) in [5.41, 5.74) is 0. The zero-order chi connectivity index (χ0) is 15.2. The Morgan fingerprint density at radius 1 is 1.19 bits per heavy atom. The molecule has 0 amide bonds. The minimum Gasteiger partial charge on any atom is -0.464 e. The lowest BCUT2D eigenvalue weighted by Crippen LogP contribution is -2.52. The highest BCUT2D eigenvalue weighted by atomic mass is 16.5. The van der Waals surface area contributed by atoms with E-state index in [-0.39, 0.29) is 0 Å². The van der Waals surface area contributed by atoms with Crippen LogP contribution < -0.4 is 15.0 Å². The molecule has 0 spiro atoms. The van der Waals surface area contributed by atoms with Gasteiger partial charge in [0.25, 0.3) is 0 Å². The van der Waals surface area contributed by atoms with Crippen LogP contribution in [0.4, 0.5) is 11.9 Å². The molecule has 1 saturated heterocycles. The zero-order valence-corrected chi connectivity index (χ0v) is 13.5. The number of ether oxygens (including phenoxy) is 1. The first kappa shape index (κ1) is 15.8. The minimum atomic E-state index is 0.393. The van der Waals surface area contributed by atoms with E-state index in [1.165, 1.54) is 0 Å². The summed E-state index contributed by atoms with van der Waals surface area (Å²) in [5.74, 6) is 1.28. The molecule has 0 radical (unpaired) electrons. The Balaban J connectivity index is 2.18. The number of likely N-dealkylation sites (N-methyl/N-ethyl adjacent to an activating group) is 1. The van der Waals surface area contributed by atoms with E-state index >= 15 is 0 Å². The van der Waals surface area contributed by atoms with Gasteiger partial charge in [0.1, 0.15) is 0 Å². The number of anilines is 2. The van der Waals surface area contributed by atoms with Crippen LogP contribution in [0.25, 0.3) is 0 Å². The zero-order valence-electron chi connectivity index (χ0n) is 13.5. The van der Waals surface area contributed by atoms with Gasteiger partial charge in [0.05, 0.1) is 6.61 Å². The van der Waals surface area contributed by atoms with Crippen LogP contribution in [0.15, 0.2) is 0 Å². The molecule has 1 aliphatic heterocycles. The Hall–Kier alpha value is -1.63. The van der Waals surface area contributed by atoms with Crippen molar-refractivity contribution in [1.29, 1.82) is 0 Å². The molecular formula is C14H26N6O. The maximum Gasteiger partial charge on any atom is 0.323 e. The normalized spacial score (nSPS) is 19.6. The van der Waals surface area contributed by atoms with Crippen LogP contribution in [0, 0.1) is 0 Å². The molecule has 1 fully saturated rings. The Kier molecular flexibility index (Phi) is 5.55. The van der Waals surface area contributed by atoms with Gasteiger partial charge in [0.15, 0.2) is 0 Å². The molecule has 1 N–H and O–H groups in total. The highest BCUT2D eigenvalue weighted by Crippen LogP contribution is 2.19. The predicted molar refractivity (Wildman–Crippen MR) is 84.1 cm³/mol. The van der Waals surface area contributed by atoms with Crippen LogP contribution in [0.2, 0.25) is 0 Å². The van der Waals surface area contributed by atoms with Gasteiger partial charge < -0.3 is 15.0 Å². The maximum atomic E-state index is 5.45. The molecule has 1 atom stereocenters. The summed E-state index contributed by atoms with van der Waals surface area (Å²) >= 11 is 0. The summed E-state index contributed by atoms with van der Waals surface area (Å²) in [5, 5.41) is 3.14. The lowest BCUT2D eigenvalue weighted by atomic mass is 10.2. The first-order valence-electron chi connectivity index (χ1n) is 7.79. The fraction of sp³-hybridized carbons (Fsp3) is 0.786. The molecule has 0 aliphatic carbocycles. The quantitative estimate of drug-likeness (QED) is 0.846. The van der Waals surface area contributed by atoms with Crippen molar-refractivity contribution in [2.45, 2.75) is 33.7 Å². The molecule has 21 heavy (non-hydrogen) atoms. The number of nitrogens with one attached hydrogen (secondary N) is 1. The molecule has 2 heterocycles. The van der Waals surface area contributed by atoms with E-state index in [4.69, 9.17) is 4.74 Å². The van der Waals surface area contributed by atoms with Crippen molar-refractivity contribution in [3.63, 3.8) is 0 Å². The molecule has 0 aromatic carbocycles. The third-order valence-corrected chi connectivity index (χ3v) is 3.67.